The first-order chi connectivity index (χ1) is 9.95. The van der Waals surface area contributed by atoms with E-state index in [1.807, 2.05) is 32.2 Å². The van der Waals surface area contributed by atoms with Gasteiger partial charge in [0.2, 0.25) is 5.91 Å². The average molecular weight is 290 g/mol. The number of anilines is 2. The molecule has 1 aromatic carbocycles. The molecule has 0 spiro atoms. The van der Waals surface area contributed by atoms with E-state index in [1.54, 1.807) is 0 Å². The largest absolute Gasteiger partial charge is 0.398 e. The third-order valence-corrected chi connectivity index (χ3v) is 4.12. The van der Waals surface area contributed by atoms with Crippen LogP contribution < -0.4 is 11.1 Å². The molecule has 1 aliphatic rings. The number of hydrogen-bond donors (Lipinski definition) is 2. The number of amides is 1. The van der Waals surface area contributed by atoms with Gasteiger partial charge in [-0.2, -0.15) is 0 Å². The van der Waals surface area contributed by atoms with Gasteiger partial charge in [-0.15, -0.1) is 0 Å². The van der Waals surface area contributed by atoms with Gasteiger partial charge in [0.25, 0.3) is 0 Å². The zero-order chi connectivity index (χ0) is 15.4. The maximum absolute atomic E-state index is 12.1. The fourth-order valence-electron chi connectivity index (χ4n) is 2.90. The minimum Gasteiger partial charge on any atom is -0.398 e. The number of rotatable bonds is 5. The molecule has 2 rings (SSSR count). The van der Waals surface area contributed by atoms with Crippen LogP contribution in [0.25, 0.3) is 0 Å². The lowest BCUT2D eigenvalue weighted by Gasteiger charge is -2.20. The van der Waals surface area contributed by atoms with Gasteiger partial charge in [0.15, 0.2) is 0 Å². The van der Waals surface area contributed by atoms with Crippen LogP contribution in [-0.2, 0) is 4.79 Å². The third-order valence-electron chi connectivity index (χ3n) is 4.12. The van der Waals surface area contributed by atoms with Crippen LogP contribution in [0, 0.1) is 12.8 Å². The van der Waals surface area contributed by atoms with E-state index in [2.05, 4.69) is 22.2 Å². The number of nitrogen functional groups attached to an aromatic ring is 1. The molecule has 0 aromatic heterocycles. The SMILES string of the molecule is Cc1c(N)cccc1NC(=O)CN(C)CC1CCN(C)C1. The number of carbonyl (C=O) groups is 1. The second-order valence-electron chi connectivity index (χ2n) is 6.18. The Hall–Kier alpha value is -1.59. The van der Waals surface area contributed by atoms with Crippen LogP contribution in [0.4, 0.5) is 11.4 Å². The molecular weight excluding hydrogens is 264 g/mol. The smallest absolute Gasteiger partial charge is 0.238 e. The number of benzene rings is 1. The summed E-state index contributed by atoms with van der Waals surface area (Å²) in [5, 5.41) is 2.94. The lowest BCUT2D eigenvalue weighted by molar-refractivity contribution is -0.117. The minimum atomic E-state index is 0.0116. The molecule has 1 unspecified atom stereocenters. The summed E-state index contributed by atoms with van der Waals surface area (Å²) in [6.07, 6.45) is 1.22. The summed E-state index contributed by atoms with van der Waals surface area (Å²) < 4.78 is 0. The Morgan fingerprint density at radius 3 is 2.95 bits per heavy atom. The highest BCUT2D eigenvalue weighted by Gasteiger charge is 2.21. The Bertz CT molecular complexity index is 503. The maximum Gasteiger partial charge on any atom is 0.238 e. The van der Waals surface area contributed by atoms with Gasteiger partial charge in [-0.3, -0.25) is 9.69 Å². The van der Waals surface area contributed by atoms with Gasteiger partial charge in [-0.25, -0.2) is 0 Å². The van der Waals surface area contributed by atoms with Crippen molar-refractivity contribution in [2.24, 2.45) is 5.92 Å². The van der Waals surface area contributed by atoms with Gasteiger partial charge in [0.05, 0.1) is 6.54 Å². The highest BCUT2D eigenvalue weighted by Crippen LogP contribution is 2.20. The van der Waals surface area contributed by atoms with Crippen molar-refractivity contribution in [2.45, 2.75) is 13.3 Å². The summed E-state index contributed by atoms with van der Waals surface area (Å²) in [5.41, 5.74) is 8.28. The van der Waals surface area contributed by atoms with Gasteiger partial charge >= 0.3 is 0 Å². The van der Waals surface area contributed by atoms with Crippen LogP contribution in [0.5, 0.6) is 0 Å². The molecule has 0 aliphatic carbocycles. The molecular formula is C16H26N4O. The summed E-state index contributed by atoms with van der Waals surface area (Å²) in [6, 6.07) is 5.58. The van der Waals surface area contributed by atoms with Crippen LogP contribution in [0.2, 0.25) is 0 Å². The van der Waals surface area contributed by atoms with E-state index < -0.39 is 0 Å². The molecule has 1 heterocycles. The molecule has 0 saturated carbocycles. The number of nitrogens with two attached hydrogens (primary N) is 1. The normalized spacial score (nSPS) is 19.1. The van der Waals surface area contributed by atoms with E-state index in [-0.39, 0.29) is 5.91 Å². The van der Waals surface area contributed by atoms with Gasteiger partial charge in [-0.05, 0) is 57.6 Å². The van der Waals surface area contributed by atoms with Crippen LogP contribution in [0.1, 0.15) is 12.0 Å². The fraction of sp³-hybridized carbons (Fsp3) is 0.562. The minimum absolute atomic E-state index is 0.0116. The number of nitrogens with one attached hydrogen (secondary N) is 1. The Morgan fingerprint density at radius 1 is 1.52 bits per heavy atom. The number of nitrogens with zero attached hydrogens (tertiary/aromatic N) is 2. The van der Waals surface area contributed by atoms with Gasteiger partial charge in [-0.1, -0.05) is 6.07 Å². The second kappa shape index (κ2) is 6.91. The molecule has 5 nitrogen and oxygen atoms in total. The highest BCUT2D eigenvalue weighted by molar-refractivity contribution is 5.93. The maximum atomic E-state index is 12.1. The van der Waals surface area contributed by atoms with Crippen molar-refractivity contribution >= 4 is 17.3 Å². The molecule has 0 bridgehead atoms. The molecule has 1 fully saturated rings. The molecule has 1 aromatic rings. The average Bonchev–Trinajstić information content (AvgIpc) is 2.80. The summed E-state index contributed by atoms with van der Waals surface area (Å²) in [6.45, 7) is 5.58. The lowest BCUT2D eigenvalue weighted by Crippen LogP contribution is -2.34. The van der Waals surface area contributed by atoms with Crippen LogP contribution in [0.15, 0.2) is 18.2 Å². The van der Waals surface area contributed by atoms with Crippen LogP contribution in [0.3, 0.4) is 0 Å². The number of likely N-dealkylation sites (tertiary alicyclic amines) is 1. The molecule has 5 heteroatoms. The summed E-state index contributed by atoms with van der Waals surface area (Å²) in [7, 11) is 4.15. The van der Waals surface area contributed by atoms with E-state index in [9.17, 15) is 4.79 Å². The predicted octanol–water partition coefficient (Wildman–Crippen LogP) is 1.40. The molecule has 21 heavy (non-hydrogen) atoms. The van der Waals surface area contributed by atoms with Crippen molar-refractivity contribution in [3.8, 4) is 0 Å². The van der Waals surface area contributed by atoms with E-state index in [0.717, 1.165) is 30.9 Å². The predicted molar refractivity (Wildman–Crippen MR) is 87.3 cm³/mol. The summed E-state index contributed by atoms with van der Waals surface area (Å²) in [5.74, 6) is 0.680. The number of hydrogen-bond acceptors (Lipinski definition) is 4. The van der Waals surface area contributed by atoms with Gasteiger partial charge in [0, 0.05) is 24.5 Å². The zero-order valence-electron chi connectivity index (χ0n) is 13.2. The molecule has 1 saturated heterocycles. The van der Waals surface area contributed by atoms with E-state index in [0.29, 0.717) is 18.2 Å². The molecule has 1 atom stereocenters. The topological polar surface area (TPSA) is 61.6 Å². The van der Waals surface area contributed by atoms with E-state index in [1.165, 1.54) is 6.42 Å². The van der Waals surface area contributed by atoms with Crippen LogP contribution >= 0.6 is 0 Å². The van der Waals surface area contributed by atoms with Crippen molar-refractivity contribution < 1.29 is 4.79 Å². The van der Waals surface area contributed by atoms with Gasteiger partial charge in [0.1, 0.15) is 0 Å². The summed E-state index contributed by atoms with van der Waals surface area (Å²) in [4.78, 5) is 16.6. The van der Waals surface area contributed by atoms with Crippen molar-refractivity contribution in [2.75, 3.05) is 51.3 Å². The van der Waals surface area contributed by atoms with Crippen molar-refractivity contribution in [3.05, 3.63) is 23.8 Å². The van der Waals surface area contributed by atoms with Crippen molar-refractivity contribution in [3.63, 3.8) is 0 Å². The third kappa shape index (κ3) is 4.44. The molecule has 3 N–H and O–H groups in total. The van der Waals surface area contributed by atoms with Crippen LogP contribution in [-0.4, -0.2) is 56.0 Å². The molecule has 1 amide bonds. The summed E-state index contributed by atoms with van der Waals surface area (Å²) >= 11 is 0. The Balaban J connectivity index is 1.82. The van der Waals surface area contributed by atoms with Crippen molar-refractivity contribution in [1.82, 2.24) is 9.80 Å². The van der Waals surface area contributed by atoms with Crippen molar-refractivity contribution in [1.29, 1.82) is 0 Å². The molecule has 1 aliphatic heterocycles. The zero-order valence-corrected chi connectivity index (χ0v) is 13.2. The van der Waals surface area contributed by atoms with E-state index in [4.69, 9.17) is 5.73 Å². The quantitative estimate of drug-likeness (QED) is 0.805. The first kappa shape index (κ1) is 15.8. The standard InChI is InChI=1S/C16H26N4O/c1-12-14(17)5-4-6-15(12)18-16(21)11-20(3)10-13-7-8-19(2)9-13/h4-6,13H,7-11,17H2,1-3H3,(H,18,21). The Morgan fingerprint density at radius 2 is 2.29 bits per heavy atom. The first-order valence-corrected chi connectivity index (χ1v) is 7.47. The molecule has 0 radical (unpaired) electrons. The van der Waals surface area contributed by atoms with Gasteiger partial charge < -0.3 is 16.0 Å². The number of likely N-dealkylation sites (N-methyl/N-ethyl adjacent to an activating group) is 1. The second-order valence-corrected chi connectivity index (χ2v) is 6.18. The Labute approximate surface area is 127 Å². The Kier molecular flexibility index (Phi) is 5.20. The monoisotopic (exact) mass is 290 g/mol. The first-order valence-electron chi connectivity index (χ1n) is 7.47. The fourth-order valence-corrected chi connectivity index (χ4v) is 2.90. The van der Waals surface area contributed by atoms with E-state index >= 15 is 0 Å². The lowest BCUT2D eigenvalue weighted by atomic mass is 10.1. The molecule has 116 valence electrons. The number of carbonyl (C=O) groups excluding carboxylic acids is 1. The highest BCUT2D eigenvalue weighted by atomic mass is 16.2.